The number of piperidine rings is 2. The number of H-pyrrole nitrogens is 1. The predicted octanol–water partition coefficient (Wildman–Crippen LogP) is 5.59. The summed E-state index contributed by atoms with van der Waals surface area (Å²) in [6.45, 7) is 8.29. The molecule has 2 aliphatic heterocycles. The van der Waals surface area contributed by atoms with E-state index in [0.29, 0.717) is 17.7 Å². The Morgan fingerprint density at radius 1 is 1.00 bits per heavy atom. The van der Waals surface area contributed by atoms with E-state index in [1.807, 2.05) is 18.2 Å². The Kier molecular flexibility index (Phi) is 7.30. The van der Waals surface area contributed by atoms with Crippen molar-refractivity contribution >= 4 is 11.0 Å². The van der Waals surface area contributed by atoms with Gasteiger partial charge in [-0.3, -0.25) is 4.90 Å². The first-order chi connectivity index (χ1) is 17.1. The fourth-order valence-electron chi connectivity index (χ4n) is 6.17. The number of aromatic nitrogens is 2. The van der Waals surface area contributed by atoms with E-state index in [-0.39, 0.29) is 0 Å². The summed E-state index contributed by atoms with van der Waals surface area (Å²) in [5, 5.41) is 3.54. The molecule has 6 nitrogen and oxygen atoms in total. The van der Waals surface area contributed by atoms with Crippen molar-refractivity contribution in [2.45, 2.75) is 64.0 Å². The van der Waals surface area contributed by atoms with Gasteiger partial charge in [0, 0.05) is 17.6 Å². The van der Waals surface area contributed by atoms with Gasteiger partial charge in [0.2, 0.25) is 0 Å². The molecular weight excluding hydrogens is 436 g/mol. The number of rotatable bonds is 7. The smallest absolute Gasteiger partial charge is 0.161 e. The second-order valence-electron chi connectivity index (χ2n) is 10.7. The van der Waals surface area contributed by atoms with E-state index in [2.05, 4.69) is 47.2 Å². The molecular formula is C29H40N4O2. The number of nitrogens with zero attached hydrogens (tertiary/aromatic N) is 2. The standard InChI is InChI=1S/C29H40N4O2/c1-19(2)15-24-16-21(11-14-33(24)23-9-12-30-13-10-23)20-5-7-25-26(17-20)32-29(31-25)22-6-8-27(34-3)28(18-22)35-4/h5-8,17-19,21,23-24,30H,9-16H2,1-4H3,(H,31,32)/t21?,24-/m1/s1. The molecule has 2 aliphatic rings. The minimum absolute atomic E-state index is 0.606. The largest absolute Gasteiger partial charge is 0.493 e. The van der Waals surface area contributed by atoms with E-state index in [1.165, 1.54) is 44.2 Å². The van der Waals surface area contributed by atoms with Crippen LogP contribution in [0, 0.1) is 5.92 Å². The summed E-state index contributed by atoms with van der Waals surface area (Å²) in [5.74, 6) is 3.62. The van der Waals surface area contributed by atoms with Gasteiger partial charge in [0.05, 0.1) is 25.3 Å². The van der Waals surface area contributed by atoms with Gasteiger partial charge in [-0.1, -0.05) is 19.9 Å². The maximum atomic E-state index is 5.49. The minimum Gasteiger partial charge on any atom is -0.493 e. The van der Waals surface area contributed by atoms with E-state index in [1.54, 1.807) is 14.2 Å². The first-order valence-electron chi connectivity index (χ1n) is 13.2. The van der Waals surface area contributed by atoms with Crippen LogP contribution in [0.5, 0.6) is 11.5 Å². The van der Waals surface area contributed by atoms with Crippen LogP contribution >= 0.6 is 0 Å². The molecule has 2 fully saturated rings. The minimum atomic E-state index is 0.606. The molecule has 5 rings (SSSR count). The number of benzene rings is 2. The summed E-state index contributed by atoms with van der Waals surface area (Å²) in [4.78, 5) is 11.3. The Morgan fingerprint density at radius 3 is 2.54 bits per heavy atom. The summed E-state index contributed by atoms with van der Waals surface area (Å²) in [5.41, 5.74) is 4.55. The van der Waals surface area contributed by atoms with Gasteiger partial charge in [0.1, 0.15) is 5.82 Å². The highest BCUT2D eigenvalue weighted by Gasteiger charge is 2.34. The first-order valence-corrected chi connectivity index (χ1v) is 13.2. The third kappa shape index (κ3) is 5.19. The van der Waals surface area contributed by atoms with Gasteiger partial charge in [-0.2, -0.15) is 0 Å². The second-order valence-corrected chi connectivity index (χ2v) is 10.7. The van der Waals surface area contributed by atoms with Crippen LogP contribution < -0.4 is 14.8 Å². The number of hydrogen-bond acceptors (Lipinski definition) is 5. The van der Waals surface area contributed by atoms with Crippen molar-refractivity contribution in [2.75, 3.05) is 33.9 Å². The van der Waals surface area contributed by atoms with Crippen LogP contribution in [-0.2, 0) is 0 Å². The number of nitrogens with one attached hydrogen (secondary N) is 2. The molecule has 1 aromatic heterocycles. The van der Waals surface area contributed by atoms with Crippen LogP contribution in [0.25, 0.3) is 22.4 Å². The third-order valence-corrected chi connectivity index (χ3v) is 7.92. The molecule has 0 amide bonds. The van der Waals surface area contributed by atoms with E-state index >= 15 is 0 Å². The summed E-state index contributed by atoms with van der Waals surface area (Å²) < 4.78 is 10.9. The molecule has 3 heterocycles. The first kappa shape index (κ1) is 24.1. The molecule has 3 aromatic rings. The number of likely N-dealkylation sites (tertiary alicyclic amines) is 1. The average molecular weight is 477 g/mol. The van der Waals surface area contributed by atoms with Gasteiger partial charge >= 0.3 is 0 Å². The van der Waals surface area contributed by atoms with Crippen LogP contribution in [-0.4, -0.2) is 60.8 Å². The fraction of sp³-hybridized carbons (Fsp3) is 0.552. The van der Waals surface area contributed by atoms with Gasteiger partial charge in [-0.15, -0.1) is 0 Å². The van der Waals surface area contributed by atoms with Gasteiger partial charge in [0.25, 0.3) is 0 Å². The normalized spacial score (nSPS) is 22.1. The topological polar surface area (TPSA) is 62.4 Å². The highest BCUT2D eigenvalue weighted by Crippen LogP contribution is 2.38. The van der Waals surface area contributed by atoms with Crippen LogP contribution in [0.1, 0.15) is 57.4 Å². The predicted molar refractivity (Wildman–Crippen MR) is 142 cm³/mol. The molecule has 188 valence electrons. The van der Waals surface area contributed by atoms with Gasteiger partial charge in [0.15, 0.2) is 11.5 Å². The zero-order valence-electron chi connectivity index (χ0n) is 21.6. The Labute approximate surface area is 209 Å². The summed E-state index contributed by atoms with van der Waals surface area (Å²) in [6.07, 6.45) is 6.36. The van der Waals surface area contributed by atoms with Crippen LogP contribution in [0.4, 0.5) is 0 Å². The summed E-state index contributed by atoms with van der Waals surface area (Å²) >= 11 is 0. The van der Waals surface area contributed by atoms with Gasteiger partial charge < -0.3 is 19.8 Å². The van der Waals surface area contributed by atoms with E-state index < -0.39 is 0 Å². The summed E-state index contributed by atoms with van der Waals surface area (Å²) in [6, 6.07) is 14.2. The van der Waals surface area contributed by atoms with Crippen LogP contribution in [0.15, 0.2) is 36.4 Å². The zero-order valence-corrected chi connectivity index (χ0v) is 21.6. The average Bonchev–Trinajstić information content (AvgIpc) is 3.32. The van der Waals surface area contributed by atoms with Crippen molar-refractivity contribution in [1.29, 1.82) is 0 Å². The number of methoxy groups -OCH3 is 2. The molecule has 0 bridgehead atoms. The molecule has 6 heteroatoms. The Hall–Kier alpha value is -2.57. The molecule has 0 radical (unpaired) electrons. The highest BCUT2D eigenvalue weighted by molar-refractivity contribution is 5.80. The Balaban J connectivity index is 1.37. The Bertz CT molecular complexity index is 1130. The van der Waals surface area contributed by atoms with Crippen molar-refractivity contribution in [2.24, 2.45) is 5.92 Å². The number of aromatic amines is 1. The molecule has 35 heavy (non-hydrogen) atoms. The molecule has 0 saturated carbocycles. The van der Waals surface area contributed by atoms with Crippen molar-refractivity contribution in [3.05, 3.63) is 42.0 Å². The summed E-state index contributed by atoms with van der Waals surface area (Å²) in [7, 11) is 3.32. The van der Waals surface area contributed by atoms with Crippen LogP contribution in [0.3, 0.4) is 0 Å². The number of imidazole rings is 1. The number of ether oxygens (including phenoxy) is 2. The van der Waals surface area contributed by atoms with Crippen molar-refractivity contribution in [3.63, 3.8) is 0 Å². The molecule has 0 spiro atoms. The van der Waals surface area contributed by atoms with Crippen molar-refractivity contribution in [3.8, 4) is 22.9 Å². The zero-order chi connectivity index (χ0) is 24.4. The lowest BCUT2D eigenvalue weighted by Crippen LogP contribution is -2.51. The molecule has 2 atom stereocenters. The molecule has 0 aliphatic carbocycles. The van der Waals surface area contributed by atoms with E-state index in [9.17, 15) is 0 Å². The lowest BCUT2D eigenvalue weighted by atomic mass is 9.81. The maximum absolute atomic E-state index is 5.49. The van der Waals surface area contributed by atoms with Crippen molar-refractivity contribution in [1.82, 2.24) is 20.2 Å². The monoisotopic (exact) mass is 476 g/mol. The SMILES string of the molecule is COc1ccc(-c2nc3ccc(C4CCN(C5CCNCC5)[C@H](CC(C)C)C4)cc3[nH]2)cc1OC. The number of hydrogen-bond donors (Lipinski definition) is 2. The van der Waals surface area contributed by atoms with E-state index in [0.717, 1.165) is 53.2 Å². The molecule has 1 unspecified atom stereocenters. The van der Waals surface area contributed by atoms with Crippen LogP contribution in [0.2, 0.25) is 0 Å². The molecule has 2 aromatic carbocycles. The maximum Gasteiger partial charge on any atom is 0.161 e. The van der Waals surface area contributed by atoms with Gasteiger partial charge in [-0.05, 0) is 99.5 Å². The molecule has 2 N–H and O–H groups in total. The van der Waals surface area contributed by atoms with Crippen molar-refractivity contribution < 1.29 is 9.47 Å². The third-order valence-electron chi connectivity index (χ3n) is 7.92. The van der Waals surface area contributed by atoms with E-state index in [4.69, 9.17) is 14.5 Å². The fourth-order valence-corrected chi connectivity index (χ4v) is 6.17. The number of fused-ring (bicyclic) bond motifs is 1. The molecule has 2 saturated heterocycles. The second kappa shape index (κ2) is 10.6. The van der Waals surface area contributed by atoms with Gasteiger partial charge in [-0.25, -0.2) is 4.98 Å². The quantitative estimate of drug-likeness (QED) is 0.465. The lowest BCUT2D eigenvalue weighted by Gasteiger charge is -2.46. The highest BCUT2D eigenvalue weighted by atomic mass is 16.5. The lowest BCUT2D eigenvalue weighted by molar-refractivity contribution is 0.0562. The Morgan fingerprint density at radius 2 is 1.80 bits per heavy atom.